The predicted molar refractivity (Wildman–Crippen MR) is 110 cm³/mol. The standard InChI is InChI=1S/C22H25N3O3/c1-14(2)16-9-11-17(12-10-16)28-13-20(26)23-24-21-18-7-5-6-8-19(18)25(15(3)4)22(21)27/h5-12,14-15,27H,13H2,1-4H3. The molecule has 0 aliphatic rings. The predicted octanol–water partition coefficient (Wildman–Crippen LogP) is 5.74. The van der Waals surface area contributed by atoms with Crippen molar-refractivity contribution in [1.29, 1.82) is 0 Å². The fourth-order valence-corrected chi connectivity index (χ4v) is 3.08. The lowest BCUT2D eigenvalue weighted by Gasteiger charge is -2.10. The van der Waals surface area contributed by atoms with E-state index in [0.717, 1.165) is 10.9 Å². The number of aromatic hydroxyl groups is 1. The maximum Gasteiger partial charge on any atom is 0.302 e. The number of benzene rings is 2. The van der Waals surface area contributed by atoms with E-state index in [4.69, 9.17) is 4.74 Å². The molecule has 28 heavy (non-hydrogen) atoms. The minimum absolute atomic E-state index is 0.00191. The van der Waals surface area contributed by atoms with E-state index in [0.29, 0.717) is 17.4 Å². The van der Waals surface area contributed by atoms with E-state index < -0.39 is 5.91 Å². The molecule has 146 valence electrons. The Bertz CT molecular complexity index is 1000. The number of para-hydroxylation sites is 1. The highest BCUT2D eigenvalue weighted by Crippen LogP contribution is 2.40. The summed E-state index contributed by atoms with van der Waals surface area (Å²) >= 11 is 0. The number of azo groups is 1. The van der Waals surface area contributed by atoms with Gasteiger partial charge in [-0.2, -0.15) is 0 Å². The second kappa shape index (κ2) is 8.25. The van der Waals surface area contributed by atoms with Crippen LogP contribution in [0.15, 0.2) is 58.8 Å². The molecule has 0 radical (unpaired) electrons. The summed E-state index contributed by atoms with van der Waals surface area (Å²) in [6.07, 6.45) is 0. The van der Waals surface area contributed by atoms with Crippen LogP contribution in [-0.2, 0) is 4.79 Å². The molecule has 1 heterocycles. The molecule has 6 nitrogen and oxygen atoms in total. The number of rotatable bonds is 6. The van der Waals surface area contributed by atoms with Gasteiger partial charge in [0.15, 0.2) is 12.3 Å². The molecule has 2 aromatic carbocycles. The molecule has 0 spiro atoms. The molecule has 0 atom stereocenters. The fraction of sp³-hybridized carbons (Fsp3) is 0.318. The van der Waals surface area contributed by atoms with Gasteiger partial charge in [-0.1, -0.05) is 44.2 Å². The van der Waals surface area contributed by atoms with Crippen LogP contribution in [0, 0.1) is 0 Å². The Labute approximate surface area is 164 Å². The maximum atomic E-state index is 12.1. The van der Waals surface area contributed by atoms with Crippen LogP contribution < -0.4 is 4.74 Å². The molecule has 3 aromatic rings. The lowest BCUT2D eigenvalue weighted by molar-refractivity contribution is -0.120. The van der Waals surface area contributed by atoms with Gasteiger partial charge in [-0.15, -0.1) is 10.2 Å². The molecule has 1 aromatic heterocycles. The Hall–Kier alpha value is -3.15. The quantitative estimate of drug-likeness (QED) is 0.555. The average molecular weight is 379 g/mol. The molecule has 6 heteroatoms. The first-order valence-electron chi connectivity index (χ1n) is 9.37. The highest BCUT2D eigenvalue weighted by Gasteiger charge is 2.18. The van der Waals surface area contributed by atoms with Gasteiger partial charge in [0.25, 0.3) is 0 Å². The number of aromatic nitrogens is 1. The molecule has 0 bridgehead atoms. The van der Waals surface area contributed by atoms with Crippen molar-refractivity contribution >= 4 is 22.5 Å². The fourth-order valence-electron chi connectivity index (χ4n) is 3.08. The third kappa shape index (κ3) is 4.06. The lowest BCUT2D eigenvalue weighted by Crippen LogP contribution is -2.07. The van der Waals surface area contributed by atoms with Crippen molar-refractivity contribution in [2.45, 2.75) is 39.7 Å². The summed E-state index contributed by atoms with van der Waals surface area (Å²) in [5.74, 6) is 0.518. The Morgan fingerprint density at radius 3 is 2.39 bits per heavy atom. The second-order valence-electron chi connectivity index (χ2n) is 7.26. The number of carbonyl (C=O) groups is 1. The molecule has 0 unspecified atom stereocenters. The second-order valence-corrected chi connectivity index (χ2v) is 7.26. The molecule has 0 saturated carbocycles. The number of ether oxygens (including phenoxy) is 1. The van der Waals surface area contributed by atoms with E-state index in [-0.39, 0.29) is 18.5 Å². The lowest BCUT2D eigenvalue weighted by atomic mass is 10.0. The van der Waals surface area contributed by atoms with Crippen molar-refractivity contribution in [3.05, 3.63) is 54.1 Å². The number of amides is 1. The highest BCUT2D eigenvalue weighted by molar-refractivity contribution is 5.95. The zero-order valence-electron chi connectivity index (χ0n) is 16.6. The van der Waals surface area contributed by atoms with Gasteiger partial charge in [0.1, 0.15) is 5.75 Å². The first-order valence-corrected chi connectivity index (χ1v) is 9.37. The van der Waals surface area contributed by atoms with Gasteiger partial charge in [-0.25, -0.2) is 0 Å². The number of fused-ring (bicyclic) bond motifs is 1. The Morgan fingerprint density at radius 2 is 1.75 bits per heavy atom. The number of hydrogen-bond acceptors (Lipinski definition) is 4. The zero-order chi connectivity index (χ0) is 20.3. The summed E-state index contributed by atoms with van der Waals surface area (Å²) in [4.78, 5) is 12.1. The molecular formula is C22H25N3O3. The molecule has 0 aliphatic carbocycles. The zero-order valence-corrected chi connectivity index (χ0v) is 16.6. The Kier molecular flexibility index (Phi) is 5.78. The summed E-state index contributed by atoms with van der Waals surface area (Å²) < 4.78 is 7.25. The molecule has 0 fully saturated rings. The highest BCUT2D eigenvalue weighted by atomic mass is 16.5. The van der Waals surface area contributed by atoms with E-state index in [2.05, 4.69) is 24.1 Å². The monoisotopic (exact) mass is 379 g/mol. The van der Waals surface area contributed by atoms with E-state index in [1.54, 1.807) is 4.57 Å². The minimum atomic E-state index is -0.520. The van der Waals surface area contributed by atoms with Crippen LogP contribution in [0.25, 0.3) is 10.9 Å². The first kappa shape index (κ1) is 19.6. The molecule has 1 amide bonds. The molecule has 1 N–H and O–H groups in total. The van der Waals surface area contributed by atoms with Gasteiger partial charge in [-0.3, -0.25) is 4.79 Å². The summed E-state index contributed by atoms with van der Waals surface area (Å²) in [5.41, 5.74) is 2.34. The summed E-state index contributed by atoms with van der Waals surface area (Å²) in [7, 11) is 0. The topological polar surface area (TPSA) is 76.2 Å². The van der Waals surface area contributed by atoms with Crippen LogP contribution >= 0.6 is 0 Å². The van der Waals surface area contributed by atoms with Gasteiger partial charge < -0.3 is 14.4 Å². The van der Waals surface area contributed by atoms with Crippen molar-refractivity contribution < 1.29 is 14.6 Å². The van der Waals surface area contributed by atoms with Gasteiger partial charge in [0.2, 0.25) is 5.88 Å². The number of nitrogens with zero attached hydrogens (tertiary/aromatic N) is 3. The van der Waals surface area contributed by atoms with Gasteiger partial charge in [-0.05, 0) is 43.5 Å². The molecular weight excluding hydrogens is 354 g/mol. The van der Waals surface area contributed by atoms with Gasteiger partial charge >= 0.3 is 5.91 Å². The molecule has 3 rings (SSSR count). The average Bonchev–Trinajstić information content (AvgIpc) is 2.96. The summed E-state index contributed by atoms with van der Waals surface area (Å²) in [6.45, 7) is 7.96. The first-order chi connectivity index (χ1) is 13.4. The van der Waals surface area contributed by atoms with Crippen LogP contribution in [0.2, 0.25) is 0 Å². The third-order valence-corrected chi connectivity index (χ3v) is 4.55. The normalized spacial score (nSPS) is 11.8. The van der Waals surface area contributed by atoms with Crippen molar-refractivity contribution in [2.24, 2.45) is 10.2 Å². The number of carbonyl (C=O) groups excluding carboxylic acids is 1. The van der Waals surface area contributed by atoms with Crippen LogP contribution in [-0.4, -0.2) is 22.2 Å². The van der Waals surface area contributed by atoms with Gasteiger partial charge in [0, 0.05) is 11.4 Å². The van der Waals surface area contributed by atoms with Crippen molar-refractivity contribution in [3.8, 4) is 11.6 Å². The van der Waals surface area contributed by atoms with E-state index in [1.807, 2.05) is 62.4 Å². The largest absolute Gasteiger partial charge is 0.493 e. The van der Waals surface area contributed by atoms with Crippen LogP contribution in [0.4, 0.5) is 5.69 Å². The van der Waals surface area contributed by atoms with E-state index in [1.165, 1.54) is 5.56 Å². The maximum absolute atomic E-state index is 12.1. The van der Waals surface area contributed by atoms with Crippen molar-refractivity contribution in [1.82, 2.24) is 4.57 Å². The van der Waals surface area contributed by atoms with E-state index in [9.17, 15) is 9.90 Å². The minimum Gasteiger partial charge on any atom is -0.493 e. The Morgan fingerprint density at radius 1 is 1.07 bits per heavy atom. The third-order valence-electron chi connectivity index (χ3n) is 4.55. The summed E-state index contributed by atoms with van der Waals surface area (Å²) in [5, 5.41) is 19.0. The SMILES string of the molecule is CC(C)c1ccc(OCC(=O)N=Nc2c(O)n(C(C)C)c3ccccc23)cc1. The van der Waals surface area contributed by atoms with Crippen LogP contribution in [0.5, 0.6) is 11.6 Å². The van der Waals surface area contributed by atoms with E-state index >= 15 is 0 Å². The van der Waals surface area contributed by atoms with Gasteiger partial charge in [0.05, 0.1) is 5.52 Å². The van der Waals surface area contributed by atoms with Crippen LogP contribution in [0.3, 0.4) is 0 Å². The van der Waals surface area contributed by atoms with Crippen molar-refractivity contribution in [3.63, 3.8) is 0 Å². The Balaban J connectivity index is 1.73. The smallest absolute Gasteiger partial charge is 0.302 e. The molecule has 0 aliphatic heterocycles. The summed E-state index contributed by atoms with van der Waals surface area (Å²) in [6, 6.07) is 15.2. The van der Waals surface area contributed by atoms with Crippen LogP contribution in [0.1, 0.15) is 45.2 Å². The van der Waals surface area contributed by atoms with Crippen molar-refractivity contribution in [2.75, 3.05) is 6.61 Å². The molecule has 0 saturated heterocycles. The number of hydrogen-bond donors (Lipinski definition) is 1.